The predicted molar refractivity (Wildman–Crippen MR) is 132 cm³/mol. The molecule has 0 fully saturated rings. The summed E-state index contributed by atoms with van der Waals surface area (Å²) < 4.78 is 7.91. The lowest BCUT2D eigenvalue weighted by atomic mass is 10.1. The highest BCUT2D eigenvalue weighted by atomic mass is 79.9. The molecule has 4 rings (SSSR count). The quantitative estimate of drug-likeness (QED) is 0.302. The standard InChI is InChI=1S/C24H19BrClN3O4/c1-3-13(2)22-28-20-8-5-15(25)11-18(20)23(30)29(22)27-12-16-6-9-21(33-16)14-4-7-17(24(31)32)19(26)10-14/h4-13H,3H2,1-2H3,(H,31,32)/t13-/m1/s1. The lowest BCUT2D eigenvalue weighted by Gasteiger charge is -2.13. The van der Waals surface area contributed by atoms with Gasteiger partial charge in [0.05, 0.1) is 27.7 Å². The Labute approximate surface area is 202 Å². The molecule has 1 atom stereocenters. The third kappa shape index (κ3) is 4.62. The molecule has 2 aromatic carbocycles. The maximum atomic E-state index is 13.2. The molecule has 33 heavy (non-hydrogen) atoms. The molecule has 0 aliphatic rings. The van der Waals surface area contributed by atoms with Crippen molar-refractivity contribution in [2.75, 3.05) is 0 Å². The number of benzene rings is 2. The molecule has 0 spiro atoms. The molecule has 2 aromatic heterocycles. The van der Waals surface area contributed by atoms with Crippen LogP contribution in [-0.2, 0) is 0 Å². The maximum absolute atomic E-state index is 13.2. The molecule has 0 bridgehead atoms. The smallest absolute Gasteiger partial charge is 0.337 e. The van der Waals surface area contributed by atoms with E-state index in [-0.39, 0.29) is 22.1 Å². The van der Waals surface area contributed by atoms with Crippen LogP contribution in [0.5, 0.6) is 0 Å². The molecule has 0 aliphatic heterocycles. The summed E-state index contributed by atoms with van der Waals surface area (Å²) in [6.07, 6.45) is 2.25. The highest BCUT2D eigenvalue weighted by Gasteiger charge is 2.16. The van der Waals surface area contributed by atoms with E-state index in [1.807, 2.05) is 19.9 Å². The van der Waals surface area contributed by atoms with E-state index in [1.165, 1.54) is 23.0 Å². The van der Waals surface area contributed by atoms with Crippen LogP contribution in [0.3, 0.4) is 0 Å². The number of nitrogens with zero attached hydrogens (tertiary/aromatic N) is 3. The molecule has 1 N–H and O–H groups in total. The van der Waals surface area contributed by atoms with Crippen LogP contribution in [0.15, 0.2) is 67.3 Å². The zero-order valence-electron chi connectivity index (χ0n) is 17.8. The number of furan rings is 1. The van der Waals surface area contributed by atoms with Crippen LogP contribution in [0.25, 0.3) is 22.2 Å². The number of rotatable bonds is 6. The minimum absolute atomic E-state index is 0.0150. The highest BCUT2D eigenvalue weighted by molar-refractivity contribution is 9.10. The summed E-state index contributed by atoms with van der Waals surface area (Å²) in [4.78, 5) is 29.0. The number of hydrogen-bond donors (Lipinski definition) is 1. The first-order valence-corrected chi connectivity index (χ1v) is 11.3. The van der Waals surface area contributed by atoms with E-state index >= 15 is 0 Å². The van der Waals surface area contributed by atoms with Gasteiger partial charge in [-0.1, -0.05) is 47.4 Å². The second-order valence-corrected chi connectivity index (χ2v) is 8.83. The van der Waals surface area contributed by atoms with E-state index in [4.69, 9.17) is 21.1 Å². The van der Waals surface area contributed by atoms with Crippen molar-refractivity contribution in [3.8, 4) is 11.3 Å². The van der Waals surface area contributed by atoms with Crippen molar-refractivity contribution in [2.45, 2.75) is 26.2 Å². The molecular weight excluding hydrogens is 510 g/mol. The van der Waals surface area contributed by atoms with Gasteiger partial charge in [0.2, 0.25) is 0 Å². The van der Waals surface area contributed by atoms with Crippen LogP contribution >= 0.6 is 27.5 Å². The molecule has 0 aliphatic carbocycles. The van der Waals surface area contributed by atoms with Gasteiger partial charge in [0.15, 0.2) is 0 Å². The molecule has 168 valence electrons. The maximum Gasteiger partial charge on any atom is 0.337 e. The summed E-state index contributed by atoms with van der Waals surface area (Å²) in [5.74, 6) is 0.392. The van der Waals surface area contributed by atoms with Gasteiger partial charge in [-0.3, -0.25) is 4.79 Å². The van der Waals surface area contributed by atoms with Crippen molar-refractivity contribution < 1.29 is 14.3 Å². The second-order valence-electron chi connectivity index (χ2n) is 7.50. The number of carboxylic acids is 1. The van der Waals surface area contributed by atoms with Crippen LogP contribution in [0.4, 0.5) is 0 Å². The molecule has 9 heteroatoms. The van der Waals surface area contributed by atoms with Crippen molar-refractivity contribution in [1.82, 2.24) is 9.66 Å². The Morgan fingerprint density at radius 2 is 2.06 bits per heavy atom. The molecule has 4 aromatic rings. The second kappa shape index (κ2) is 9.33. The summed E-state index contributed by atoms with van der Waals surface area (Å²) in [6, 6.07) is 13.4. The first-order chi connectivity index (χ1) is 15.8. The molecular formula is C24H19BrClN3O4. The fourth-order valence-corrected chi connectivity index (χ4v) is 3.94. The first-order valence-electron chi connectivity index (χ1n) is 10.2. The van der Waals surface area contributed by atoms with Gasteiger partial charge in [-0.25, -0.2) is 9.78 Å². The van der Waals surface area contributed by atoms with Crippen LogP contribution in [0.2, 0.25) is 5.02 Å². The largest absolute Gasteiger partial charge is 0.478 e. The lowest BCUT2D eigenvalue weighted by Crippen LogP contribution is -2.23. The number of carbonyl (C=O) groups is 1. The summed E-state index contributed by atoms with van der Waals surface area (Å²) in [5, 5.41) is 14.1. The number of aromatic carboxylic acids is 1. The summed E-state index contributed by atoms with van der Waals surface area (Å²) in [5.41, 5.74) is 0.989. The van der Waals surface area contributed by atoms with E-state index < -0.39 is 5.97 Å². The first kappa shape index (κ1) is 22.9. The average Bonchev–Trinajstić information content (AvgIpc) is 3.27. The molecule has 7 nitrogen and oxygen atoms in total. The third-order valence-corrected chi connectivity index (χ3v) is 6.10. The Bertz CT molecular complexity index is 1460. The predicted octanol–water partition coefficient (Wildman–Crippen LogP) is 6.17. The van der Waals surface area contributed by atoms with Gasteiger partial charge in [0, 0.05) is 16.0 Å². The summed E-state index contributed by atoms with van der Waals surface area (Å²) >= 11 is 9.46. The zero-order valence-corrected chi connectivity index (χ0v) is 20.1. The van der Waals surface area contributed by atoms with E-state index in [0.717, 1.165) is 10.9 Å². The average molecular weight is 529 g/mol. The fourth-order valence-electron chi connectivity index (χ4n) is 3.31. The summed E-state index contributed by atoms with van der Waals surface area (Å²) in [6.45, 7) is 4.02. The van der Waals surface area contributed by atoms with E-state index in [1.54, 1.807) is 30.3 Å². The number of carboxylic acid groups (broad SMARTS) is 1. The van der Waals surface area contributed by atoms with E-state index in [0.29, 0.717) is 33.8 Å². The van der Waals surface area contributed by atoms with Crippen molar-refractivity contribution in [3.05, 3.63) is 85.5 Å². The van der Waals surface area contributed by atoms with Gasteiger partial charge in [0.1, 0.15) is 17.3 Å². The highest BCUT2D eigenvalue weighted by Crippen LogP contribution is 2.27. The third-order valence-electron chi connectivity index (χ3n) is 5.30. The van der Waals surface area contributed by atoms with E-state index in [9.17, 15) is 9.59 Å². The Balaban J connectivity index is 1.73. The Morgan fingerprint density at radius 1 is 1.27 bits per heavy atom. The van der Waals surface area contributed by atoms with Gasteiger partial charge in [-0.15, -0.1) is 0 Å². The topological polar surface area (TPSA) is 97.7 Å². The lowest BCUT2D eigenvalue weighted by molar-refractivity contribution is 0.0697. The summed E-state index contributed by atoms with van der Waals surface area (Å²) in [7, 11) is 0. The van der Waals surface area contributed by atoms with Crippen LogP contribution < -0.4 is 5.56 Å². The van der Waals surface area contributed by atoms with Crippen LogP contribution in [0, 0.1) is 0 Å². The van der Waals surface area contributed by atoms with Gasteiger partial charge in [0.25, 0.3) is 5.56 Å². The molecule has 0 radical (unpaired) electrons. The van der Waals surface area contributed by atoms with Gasteiger partial charge in [-0.05, 0) is 48.9 Å². The Kier molecular flexibility index (Phi) is 6.49. The van der Waals surface area contributed by atoms with Gasteiger partial charge >= 0.3 is 5.97 Å². The minimum atomic E-state index is -1.10. The Morgan fingerprint density at radius 3 is 2.76 bits per heavy atom. The van der Waals surface area contributed by atoms with Crippen molar-refractivity contribution in [2.24, 2.45) is 5.10 Å². The van der Waals surface area contributed by atoms with Gasteiger partial charge in [-0.2, -0.15) is 9.78 Å². The SMILES string of the molecule is CC[C@@H](C)c1nc2ccc(Br)cc2c(=O)n1N=Cc1ccc(-c2ccc(C(=O)O)c(Cl)c2)o1. The molecule has 0 amide bonds. The zero-order chi connectivity index (χ0) is 23.7. The van der Waals surface area contributed by atoms with Gasteiger partial charge < -0.3 is 9.52 Å². The normalized spacial score (nSPS) is 12.5. The fraction of sp³-hybridized carbons (Fsp3) is 0.167. The number of fused-ring (bicyclic) bond motifs is 1. The Hall–Kier alpha value is -3.23. The minimum Gasteiger partial charge on any atom is -0.478 e. The molecule has 2 heterocycles. The molecule has 0 saturated carbocycles. The molecule has 0 unspecified atom stereocenters. The molecule has 0 saturated heterocycles. The van der Waals surface area contributed by atoms with Crippen LogP contribution in [0.1, 0.15) is 48.1 Å². The number of halogens is 2. The van der Waals surface area contributed by atoms with E-state index in [2.05, 4.69) is 26.0 Å². The van der Waals surface area contributed by atoms with Crippen LogP contribution in [-0.4, -0.2) is 27.0 Å². The van der Waals surface area contributed by atoms with Crippen molar-refractivity contribution >= 4 is 50.6 Å². The van der Waals surface area contributed by atoms with Crippen molar-refractivity contribution in [1.29, 1.82) is 0 Å². The monoisotopic (exact) mass is 527 g/mol. The number of aromatic nitrogens is 2. The number of hydrogen-bond acceptors (Lipinski definition) is 5. The van der Waals surface area contributed by atoms with Crippen molar-refractivity contribution in [3.63, 3.8) is 0 Å².